The number of nitrogens with one attached hydrogen (secondary N) is 2. The van der Waals surface area contributed by atoms with Crippen molar-refractivity contribution in [2.24, 2.45) is 0 Å². The molecule has 0 bridgehead atoms. The normalized spacial score (nSPS) is 16.7. The van der Waals surface area contributed by atoms with Crippen LogP contribution >= 0.6 is 11.6 Å². The lowest BCUT2D eigenvalue weighted by Crippen LogP contribution is -2.52. The van der Waals surface area contributed by atoms with Crippen LogP contribution in [0.1, 0.15) is 58.8 Å². The third-order valence-corrected chi connectivity index (χ3v) is 5.42. The average Bonchev–Trinajstić information content (AvgIpc) is 2.98. The van der Waals surface area contributed by atoms with Gasteiger partial charge in [0.05, 0.1) is 22.4 Å². The van der Waals surface area contributed by atoms with Gasteiger partial charge in [-0.15, -0.1) is 0 Å². The zero-order valence-electron chi connectivity index (χ0n) is 17.5. The van der Waals surface area contributed by atoms with Crippen molar-refractivity contribution in [3.63, 3.8) is 0 Å². The van der Waals surface area contributed by atoms with Crippen LogP contribution in [0.25, 0.3) is 0 Å². The highest BCUT2D eigenvalue weighted by Gasteiger charge is 2.33. The number of para-hydroxylation sites is 1. The maximum atomic E-state index is 13.0. The summed E-state index contributed by atoms with van der Waals surface area (Å²) in [5.74, 6) is -1.12. The number of benzene rings is 1. The summed E-state index contributed by atoms with van der Waals surface area (Å²) >= 11 is 6.25. The number of aromatic nitrogens is 1. The molecule has 8 heteroatoms. The third kappa shape index (κ3) is 4.36. The van der Waals surface area contributed by atoms with Gasteiger partial charge in [-0.05, 0) is 58.2 Å². The van der Waals surface area contributed by atoms with Crippen LogP contribution in [0.2, 0.25) is 5.02 Å². The minimum atomic E-state index is -0.670. The molecule has 7 nitrogen and oxygen atoms in total. The Bertz CT molecular complexity index is 983. The van der Waals surface area contributed by atoms with Crippen LogP contribution in [-0.4, -0.2) is 41.5 Å². The number of nitrogens with zero attached hydrogens (tertiary/aromatic N) is 1. The lowest BCUT2D eigenvalue weighted by molar-refractivity contribution is -0.121. The summed E-state index contributed by atoms with van der Waals surface area (Å²) in [5.41, 5.74) is 2.29. The van der Waals surface area contributed by atoms with E-state index in [1.807, 2.05) is 6.07 Å². The molecular weight excluding hydrogens is 406 g/mol. The van der Waals surface area contributed by atoms with E-state index in [0.29, 0.717) is 40.5 Å². The smallest absolute Gasteiger partial charge is 0.340 e. The zero-order chi connectivity index (χ0) is 22.0. The molecule has 0 spiro atoms. The summed E-state index contributed by atoms with van der Waals surface area (Å²) in [4.78, 5) is 42.8. The van der Waals surface area contributed by atoms with Crippen LogP contribution in [0, 0.1) is 13.8 Å². The first-order valence-corrected chi connectivity index (χ1v) is 10.4. The van der Waals surface area contributed by atoms with Gasteiger partial charge in [0.1, 0.15) is 11.7 Å². The maximum absolute atomic E-state index is 13.0. The van der Waals surface area contributed by atoms with Crippen molar-refractivity contribution in [1.29, 1.82) is 0 Å². The molecule has 1 atom stereocenters. The minimum Gasteiger partial charge on any atom is -0.459 e. The molecule has 160 valence electrons. The molecule has 0 aliphatic carbocycles. The molecule has 3 rings (SSSR count). The van der Waals surface area contributed by atoms with Crippen molar-refractivity contribution in [3.8, 4) is 0 Å². The lowest BCUT2D eigenvalue weighted by atomic mass is 10.0. The van der Waals surface area contributed by atoms with Crippen LogP contribution in [0.4, 0.5) is 5.69 Å². The highest BCUT2D eigenvalue weighted by Crippen LogP contribution is 2.29. The van der Waals surface area contributed by atoms with Gasteiger partial charge in [-0.1, -0.05) is 23.7 Å². The van der Waals surface area contributed by atoms with Crippen molar-refractivity contribution < 1.29 is 19.1 Å². The number of piperidine rings is 1. The molecule has 1 aromatic heterocycles. The number of hydrogen-bond acceptors (Lipinski definition) is 4. The SMILES string of the molecule is Cc1[nH]c(C(=O)N[C@@H]2CCCN(c3ccccc3Cl)C2=O)c(C)c1C(=O)OC(C)C. The van der Waals surface area contributed by atoms with Crippen LogP contribution in [0.5, 0.6) is 0 Å². The molecule has 2 N–H and O–H groups in total. The second kappa shape index (κ2) is 8.92. The van der Waals surface area contributed by atoms with Crippen molar-refractivity contribution in [3.05, 3.63) is 51.8 Å². The number of aryl methyl sites for hydroxylation is 1. The summed E-state index contributed by atoms with van der Waals surface area (Å²) < 4.78 is 5.27. The number of amides is 2. The van der Waals surface area contributed by atoms with Gasteiger partial charge in [-0.25, -0.2) is 4.79 Å². The highest BCUT2D eigenvalue weighted by atomic mass is 35.5. The van der Waals surface area contributed by atoms with E-state index in [-0.39, 0.29) is 17.7 Å². The zero-order valence-corrected chi connectivity index (χ0v) is 18.3. The lowest BCUT2D eigenvalue weighted by Gasteiger charge is -2.33. The number of H-pyrrole nitrogens is 1. The van der Waals surface area contributed by atoms with E-state index in [9.17, 15) is 14.4 Å². The van der Waals surface area contributed by atoms with Crippen LogP contribution in [0.15, 0.2) is 24.3 Å². The van der Waals surface area contributed by atoms with Crippen LogP contribution < -0.4 is 10.2 Å². The summed E-state index contributed by atoms with van der Waals surface area (Å²) in [6.07, 6.45) is 1.00. The molecule has 1 aliphatic heterocycles. The topological polar surface area (TPSA) is 91.5 Å². The Balaban J connectivity index is 1.78. The number of rotatable bonds is 5. The first-order valence-electron chi connectivity index (χ1n) is 9.97. The molecule has 2 amide bonds. The number of ether oxygens (including phenoxy) is 1. The van der Waals surface area contributed by atoms with E-state index in [1.54, 1.807) is 50.8 Å². The molecule has 0 unspecified atom stereocenters. The van der Waals surface area contributed by atoms with Gasteiger partial charge in [-0.3, -0.25) is 9.59 Å². The first kappa shape index (κ1) is 21.9. The number of aromatic amines is 1. The van der Waals surface area contributed by atoms with Crippen molar-refractivity contribution in [1.82, 2.24) is 10.3 Å². The first-order chi connectivity index (χ1) is 14.2. The molecule has 30 heavy (non-hydrogen) atoms. The average molecular weight is 432 g/mol. The molecule has 0 radical (unpaired) electrons. The fraction of sp³-hybridized carbons (Fsp3) is 0.409. The van der Waals surface area contributed by atoms with E-state index in [2.05, 4.69) is 10.3 Å². The number of anilines is 1. The van der Waals surface area contributed by atoms with Crippen LogP contribution in [-0.2, 0) is 9.53 Å². The predicted octanol–water partition coefficient (Wildman–Crippen LogP) is 3.78. The van der Waals surface area contributed by atoms with Gasteiger partial charge in [0.2, 0.25) is 5.91 Å². The Hall–Kier alpha value is -2.80. The van der Waals surface area contributed by atoms with Gasteiger partial charge in [0, 0.05) is 12.2 Å². The monoisotopic (exact) mass is 431 g/mol. The number of carbonyl (C=O) groups excluding carboxylic acids is 3. The van der Waals surface area contributed by atoms with Gasteiger partial charge in [0.15, 0.2) is 0 Å². The summed E-state index contributed by atoms with van der Waals surface area (Å²) in [6.45, 7) is 7.48. The van der Waals surface area contributed by atoms with E-state index in [0.717, 1.165) is 6.42 Å². The molecule has 0 saturated carbocycles. The summed E-state index contributed by atoms with van der Waals surface area (Å²) in [5, 5.41) is 3.30. The Kier molecular flexibility index (Phi) is 6.51. The Morgan fingerprint density at radius 3 is 2.63 bits per heavy atom. The second-order valence-corrected chi connectivity index (χ2v) is 8.10. The molecule has 1 aromatic carbocycles. The molecule has 1 fully saturated rings. The molecular formula is C22H26ClN3O4. The van der Waals surface area contributed by atoms with E-state index >= 15 is 0 Å². The largest absolute Gasteiger partial charge is 0.459 e. The fourth-order valence-electron chi connectivity index (χ4n) is 3.71. The van der Waals surface area contributed by atoms with E-state index in [1.165, 1.54) is 0 Å². The van der Waals surface area contributed by atoms with Crippen LogP contribution in [0.3, 0.4) is 0 Å². The number of esters is 1. The number of carbonyl (C=O) groups is 3. The molecule has 2 aromatic rings. The second-order valence-electron chi connectivity index (χ2n) is 7.69. The van der Waals surface area contributed by atoms with Gasteiger partial charge in [0.25, 0.3) is 5.91 Å². The van der Waals surface area contributed by atoms with Gasteiger partial charge < -0.3 is 19.9 Å². The highest BCUT2D eigenvalue weighted by molar-refractivity contribution is 6.33. The van der Waals surface area contributed by atoms with Crippen molar-refractivity contribution >= 4 is 35.1 Å². The van der Waals surface area contributed by atoms with Crippen molar-refractivity contribution in [2.75, 3.05) is 11.4 Å². The van der Waals surface area contributed by atoms with Gasteiger partial charge >= 0.3 is 5.97 Å². The summed E-state index contributed by atoms with van der Waals surface area (Å²) in [7, 11) is 0. The maximum Gasteiger partial charge on any atom is 0.340 e. The van der Waals surface area contributed by atoms with E-state index < -0.39 is 17.9 Å². The number of halogens is 1. The fourth-order valence-corrected chi connectivity index (χ4v) is 3.94. The van der Waals surface area contributed by atoms with E-state index in [4.69, 9.17) is 16.3 Å². The number of hydrogen-bond donors (Lipinski definition) is 2. The molecule has 1 aliphatic rings. The molecule has 1 saturated heterocycles. The Labute approximate surface area is 180 Å². The Morgan fingerprint density at radius 2 is 1.97 bits per heavy atom. The summed E-state index contributed by atoms with van der Waals surface area (Å²) in [6, 6.07) is 6.47. The van der Waals surface area contributed by atoms with Crippen molar-refractivity contribution in [2.45, 2.75) is 52.7 Å². The Morgan fingerprint density at radius 1 is 1.27 bits per heavy atom. The standard InChI is InChI=1S/C22H26ClN3O4/c1-12(2)30-22(29)18-13(3)19(24-14(18)4)20(27)25-16-9-7-11-26(21(16)28)17-10-6-5-8-15(17)23/h5-6,8,10,12,16,24H,7,9,11H2,1-4H3,(H,25,27)/t16-/m1/s1. The molecule has 2 heterocycles. The quantitative estimate of drug-likeness (QED) is 0.705. The predicted molar refractivity (Wildman–Crippen MR) is 115 cm³/mol. The minimum absolute atomic E-state index is 0.205. The third-order valence-electron chi connectivity index (χ3n) is 5.10. The van der Waals surface area contributed by atoms with Gasteiger partial charge in [-0.2, -0.15) is 0 Å².